The largest absolute Gasteiger partial charge is 0.463 e. The Hall–Kier alpha value is -1.13. The van der Waals surface area contributed by atoms with E-state index in [9.17, 15) is 9.90 Å². The number of esters is 1. The number of unbranched alkanes of at least 4 members (excludes halogenated alkanes) is 3. The summed E-state index contributed by atoms with van der Waals surface area (Å²) < 4.78 is 10.7. The molecule has 0 aromatic heterocycles. The zero-order chi connectivity index (χ0) is 20.8. The molecule has 1 saturated carbocycles. The average Bonchev–Trinajstić information content (AvgIpc) is 3.00. The molecule has 1 aliphatic carbocycles. The molecule has 162 valence electrons. The van der Waals surface area contributed by atoms with Gasteiger partial charge in [0, 0.05) is 13.5 Å². The number of carbonyl (C=O) groups excluding carboxylic acids is 1. The standard InChI is InChI=1S/C24H42O4/c1-5-6-9-12-21(27-4)17-15-20-16-18-23(25)22(20)13-10-7-8-11-14-24(26)28-19(2)3/h7,10,15,17,19-23,25H,5-6,8-9,11-14,16,18H2,1-4H3/b10-7-,17-15+/t20-,21-,22+,23-/m0/s1. The third kappa shape index (κ3) is 10.4. The molecule has 4 atom stereocenters. The molecule has 0 bridgehead atoms. The topological polar surface area (TPSA) is 55.8 Å². The summed E-state index contributed by atoms with van der Waals surface area (Å²) in [4.78, 5) is 11.5. The Balaban J connectivity index is 2.37. The first kappa shape index (κ1) is 24.9. The normalized spacial score (nSPS) is 23.9. The van der Waals surface area contributed by atoms with Crippen LogP contribution >= 0.6 is 0 Å². The number of carbonyl (C=O) groups is 1. The van der Waals surface area contributed by atoms with Crippen molar-refractivity contribution in [1.82, 2.24) is 0 Å². The van der Waals surface area contributed by atoms with Crippen LogP contribution in [0.5, 0.6) is 0 Å². The van der Waals surface area contributed by atoms with E-state index in [-0.39, 0.29) is 30.2 Å². The lowest BCUT2D eigenvalue weighted by atomic mass is 9.90. The monoisotopic (exact) mass is 394 g/mol. The van der Waals surface area contributed by atoms with Crippen LogP contribution < -0.4 is 0 Å². The first-order valence-electron chi connectivity index (χ1n) is 11.2. The molecule has 1 rings (SSSR count). The first-order chi connectivity index (χ1) is 13.5. The molecule has 0 amide bonds. The van der Waals surface area contributed by atoms with Crippen molar-refractivity contribution < 1.29 is 19.4 Å². The number of allylic oxidation sites excluding steroid dienone is 3. The maximum atomic E-state index is 11.5. The quantitative estimate of drug-likeness (QED) is 0.237. The van der Waals surface area contributed by atoms with E-state index in [1.54, 1.807) is 7.11 Å². The summed E-state index contributed by atoms with van der Waals surface area (Å²) in [5.41, 5.74) is 0. The molecular formula is C24H42O4. The van der Waals surface area contributed by atoms with Gasteiger partial charge < -0.3 is 14.6 Å². The Labute approximate surface area is 172 Å². The summed E-state index contributed by atoms with van der Waals surface area (Å²) in [6.45, 7) is 5.96. The van der Waals surface area contributed by atoms with Crippen molar-refractivity contribution in [2.45, 2.75) is 103 Å². The molecule has 1 N–H and O–H groups in total. The number of aliphatic hydroxyl groups is 1. The predicted octanol–water partition coefficient (Wildman–Crippen LogP) is 5.59. The lowest BCUT2D eigenvalue weighted by Gasteiger charge is -2.19. The molecule has 0 spiro atoms. The van der Waals surface area contributed by atoms with Crippen LogP contribution in [0.2, 0.25) is 0 Å². The van der Waals surface area contributed by atoms with Crippen molar-refractivity contribution in [3.05, 3.63) is 24.3 Å². The van der Waals surface area contributed by atoms with Crippen molar-refractivity contribution in [2.24, 2.45) is 11.8 Å². The summed E-state index contributed by atoms with van der Waals surface area (Å²) >= 11 is 0. The van der Waals surface area contributed by atoms with Crippen LogP contribution in [-0.4, -0.2) is 36.5 Å². The van der Waals surface area contributed by atoms with Crippen LogP contribution in [-0.2, 0) is 14.3 Å². The van der Waals surface area contributed by atoms with E-state index >= 15 is 0 Å². The highest BCUT2D eigenvalue weighted by Gasteiger charge is 2.32. The lowest BCUT2D eigenvalue weighted by molar-refractivity contribution is -0.147. The van der Waals surface area contributed by atoms with Gasteiger partial charge in [-0.2, -0.15) is 0 Å². The average molecular weight is 395 g/mol. The van der Waals surface area contributed by atoms with Gasteiger partial charge in [-0.05, 0) is 64.2 Å². The van der Waals surface area contributed by atoms with Gasteiger partial charge in [0.15, 0.2) is 0 Å². The van der Waals surface area contributed by atoms with Gasteiger partial charge in [0.2, 0.25) is 0 Å². The van der Waals surface area contributed by atoms with Crippen molar-refractivity contribution in [3.8, 4) is 0 Å². The molecule has 0 aromatic carbocycles. The van der Waals surface area contributed by atoms with Crippen molar-refractivity contribution in [1.29, 1.82) is 0 Å². The Morgan fingerprint density at radius 1 is 1.18 bits per heavy atom. The predicted molar refractivity (Wildman–Crippen MR) is 115 cm³/mol. The molecule has 28 heavy (non-hydrogen) atoms. The molecule has 4 nitrogen and oxygen atoms in total. The van der Waals surface area contributed by atoms with Crippen LogP contribution in [0, 0.1) is 11.8 Å². The van der Waals surface area contributed by atoms with Crippen molar-refractivity contribution in [2.75, 3.05) is 7.11 Å². The molecule has 4 heteroatoms. The maximum Gasteiger partial charge on any atom is 0.306 e. The molecule has 0 unspecified atom stereocenters. The second kappa shape index (κ2) is 14.8. The highest BCUT2D eigenvalue weighted by molar-refractivity contribution is 5.69. The van der Waals surface area contributed by atoms with E-state index in [0.717, 1.165) is 38.5 Å². The van der Waals surface area contributed by atoms with E-state index in [4.69, 9.17) is 9.47 Å². The highest BCUT2D eigenvalue weighted by atomic mass is 16.5. The van der Waals surface area contributed by atoms with Crippen LogP contribution in [0.1, 0.15) is 85.0 Å². The SMILES string of the molecule is CCCCC[C@@H](/C=C/[C@H]1CC[C@H](O)[C@@H]1C/C=C\CCCC(=O)OC(C)C)OC. The highest BCUT2D eigenvalue weighted by Crippen LogP contribution is 2.36. The molecule has 0 aliphatic heterocycles. The fraction of sp³-hybridized carbons (Fsp3) is 0.792. The van der Waals surface area contributed by atoms with E-state index in [1.807, 2.05) is 13.8 Å². The minimum atomic E-state index is -0.221. The number of hydrogen-bond donors (Lipinski definition) is 1. The Kier molecular flexibility index (Phi) is 13.2. The fourth-order valence-electron chi connectivity index (χ4n) is 3.86. The molecule has 0 heterocycles. The van der Waals surface area contributed by atoms with Crippen LogP contribution in [0.25, 0.3) is 0 Å². The first-order valence-corrected chi connectivity index (χ1v) is 11.2. The molecule has 1 aliphatic rings. The van der Waals surface area contributed by atoms with Gasteiger partial charge in [-0.15, -0.1) is 0 Å². The minimum Gasteiger partial charge on any atom is -0.463 e. The number of ether oxygens (including phenoxy) is 2. The van der Waals surface area contributed by atoms with E-state index < -0.39 is 0 Å². The van der Waals surface area contributed by atoms with Crippen LogP contribution in [0.3, 0.4) is 0 Å². The minimum absolute atomic E-state index is 0.0405. The van der Waals surface area contributed by atoms with E-state index in [2.05, 4.69) is 31.2 Å². The zero-order valence-electron chi connectivity index (χ0n) is 18.4. The fourth-order valence-corrected chi connectivity index (χ4v) is 3.86. The summed E-state index contributed by atoms with van der Waals surface area (Å²) in [5, 5.41) is 10.4. The van der Waals surface area contributed by atoms with Gasteiger partial charge in [0.05, 0.1) is 18.3 Å². The van der Waals surface area contributed by atoms with Crippen molar-refractivity contribution in [3.63, 3.8) is 0 Å². The third-order valence-electron chi connectivity index (χ3n) is 5.50. The number of hydrogen-bond acceptors (Lipinski definition) is 4. The number of aliphatic hydroxyl groups excluding tert-OH is 1. The number of methoxy groups -OCH3 is 1. The Morgan fingerprint density at radius 2 is 1.96 bits per heavy atom. The van der Waals surface area contributed by atoms with Gasteiger partial charge in [0.25, 0.3) is 0 Å². The van der Waals surface area contributed by atoms with Crippen molar-refractivity contribution >= 4 is 5.97 Å². The second-order valence-electron chi connectivity index (χ2n) is 8.27. The molecule has 1 fully saturated rings. The smallest absolute Gasteiger partial charge is 0.306 e. The number of rotatable bonds is 14. The summed E-state index contributed by atoms with van der Waals surface area (Å²) in [6, 6.07) is 0. The molecule has 0 aromatic rings. The molecular weight excluding hydrogens is 352 g/mol. The summed E-state index contributed by atoms with van der Waals surface area (Å²) in [7, 11) is 1.78. The second-order valence-corrected chi connectivity index (χ2v) is 8.27. The van der Waals surface area contributed by atoms with Crippen LogP contribution in [0.15, 0.2) is 24.3 Å². The van der Waals surface area contributed by atoms with Gasteiger partial charge in [-0.25, -0.2) is 0 Å². The molecule has 0 saturated heterocycles. The van der Waals surface area contributed by atoms with Gasteiger partial charge in [-0.3, -0.25) is 4.79 Å². The summed E-state index contributed by atoms with van der Waals surface area (Å²) in [5.74, 6) is 0.586. The van der Waals surface area contributed by atoms with Gasteiger partial charge in [0.1, 0.15) is 0 Å². The van der Waals surface area contributed by atoms with E-state index in [0.29, 0.717) is 12.3 Å². The lowest BCUT2D eigenvalue weighted by Crippen LogP contribution is -2.18. The summed E-state index contributed by atoms with van der Waals surface area (Å²) in [6.07, 6.45) is 18.4. The maximum absolute atomic E-state index is 11.5. The van der Waals surface area contributed by atoms with Gasteiger partial charge in [-0.1, -0.05) is 50.5 Å². The zero-order valence-corrected chi connectivity index (χ0v) is 18.4. The van der Waals surface area contributed by atoms with Gasteiger partial charge >= 0.3 is 5.97 Å². The van der Waals surface area contributed by atoms with E-state index in [1.165, 1.54) is 19.3 Å². The van der Waals surface area contributed by atoms with Crippen LogP contribution in [0.4, 0.5) is 0 Å². The molecule has 0 radical (unpaired) electrons. The third-order valence-corrected chi connectivity index (χ3v) is 5.50. The Bertz CT molecular complexity index is 469. The Morgan fingerprint density at radius 3 is 2.64 bits per heavy atom.